The zero-order valence-corrected chi connectivity index (χ0v) is 10.8. The van der Waals surface area contributed by atoms with Gasteiger partial charge in [0.25, 0.3) is 10.0 Å². The number of sulfonamides is 1. The summed E-state index contributed by atoms with van der Waals surface area (Å²) in [5, 5.41) is 8.68. The maximum absolute atomic E-state index is 12.7. The van der Waals surface area contributed by atoms with Crippen molar-refractivity contribution in [1.82, 2.24) is 4.98 Å². The highest BCUT2D eigenvalue weighted by Gasteiger charge is 2.14. The Balaban J connectivity index is 2.24. The first-order valence-electron chi connectivity index (χ1n) is 5.36. The molecule has 0 unspecified atom stereocenters. The molecule has 0 radical (unpaired) electrons. The zero-order chi connectivity index (χ0) is 14.8. The van der Waals surface area contributed by atoms with Crippen molar-refractivity contribution in [3.05, 3.63) is 54.1 Å². The summed E-state index contributed by atoms with van der Waals surface area (Å²) in [7, 11) is -3.87. The van der Waals surface area contributed by atoms with Gasteiger partial charge in [-0.2, -0.15) is 0 Å². The summed E-state index contributed by atoms with van der Waals surface area (Å²) < 4.78 is 38.9. The Morgan fingerprint density at radius 1 is 1.15 bits per heavy atom. The fourth-order valence-electron chi connectivity index (χ4n) is 1.41. The van der Waals surface area contributed by atoms with Crippen LogP contribution in [-0.4, -0.2) is 24.5 Å². The lowest BCUT2D eigenvalue weighted by atomic mass is 10.3. The van der Waals surface area contributed by atoms with Crippen LogP contribution in [0.15, 0.2) is 47.5 Å². The van der Waals surface area contributed by atoms with Crippen LogP contribution in [0.5, 0.6) is 0 Å². The molecule has 1 heterocycles. The van der Waals surface area contributed by atoms with Gasteiger partial charge < -0.3 is 5.11 Å². The van der Waals surface area contributed by atoms with Gasteiger partial charge in [-0.05, 0) is 36.4 Å². The molecule has 8 heteroatoms. The first kappa shape index (κ1) is 13.9. The Kier molecular flexibility index (Phi) is 3.66. The van der Waals surface area contributed by atoms with Gasteiger partial charge in [0.05, 0.1) is 16.8 Å². The van der Waals surface area contributed by atoms with Crippen LogP contribution >= 0.6 is 0 Å². The Labute approximate surface area is 114 Å². The summed E-state index contributed by atoms with van der Waals surface area (Å²) in [6, 6.07) is 6.75. The fourth-order valence-corrected chi connectivity index (χ4v) is 2.45. The monoisotopic (exact) mass is 296 g/mol. The quantitative estimate of drug-likeness (QED) is 0.895. The van der Waals surface area contributed by atoms with Crippen LogP contribution in [-0.2, 0) is 10.0 Å². The van der Waals surface area contributed by atoms with Gasteiger partial charge in [-0.3, -0.25) is 4.72 Å². The number of nitrogens with zero attached hydrogens (tertiary/aromatic N) is 1. The minimum absolute atomic E-state index is 0.110. The molecule has 0 spiro atoms. The van der Waals surface area contributed by atoms with Gasteiger partial charge in [-0.25, -0.2) is 22.6 Å². The number of nitrogens with one attached hydrogen (secondary N) is 1. The molecule has 20 heavy (non-hydrogen) atoms. The lowest BCUT2D eigenvalue weighted by molar-refractivity contribution is 0.0690. The van der Waals surface area contributed by atoms with Crippen molar-refractivity contribution >= 4 is 21.7 Å². The van der Waals surface area contributed by atoms with E-state index in [0.29, 0.717) is 0 Å². The highest BCUT2D eigenvalue weighted by molar-refractivity contribution is 7.92. The van der Waals surface area contributed by atoms with Crippen molar-refractivity contribution in [1.29, 1.82) is 0 Å². The zero-order valence-electron chi connectivity index (χ0n) is 9.95. The minimum Gasteiger partial charge on any atom is -0.477 e. The molecule has 2 aromatic rings. The standard InChI is InChI=1S/C12H9FN2O4S/c13-8-1-4-10(5-2-8)20(18,19)15-9-3-6-11(12(16)17)14-7-9/h1-7,15H,(H,16,17). The van der Waals surface area contributed by atoms with E-state index < -0.39 is 21.8 Å². The van der Waals surface area contributed by atoms with E-state index in [2.05, 4.69) is 9.71 Å². The van der Waals surface area contributed by atoms with Crippen LogP contribution in [0.4, 0.5) is 10.1 Å². The highest BCUT2D eigenvalue weighted by Crippen LogP contribution is 2.15. The largest absolute Gasteiger partial charge is 0.477 e. The molecule has 0 amide bonds. The van der Waals surface area contributed by atoms with Gasteiger partial charge in [0.2, 0.25) is 0 Å². The number of aromatic carboxylic acids is 1. The molecular formula is C12H9FN2O4S. The summed E-state index contributed by atoms with van der Waals surface area (Å²) >= 11 is 0. The molecule has 0 saturated carbocycles. The molecule has 0 aliphatic heterocycles. The van der Waals surface area contributed by atoms with Crippen molar-refractivity contribution in [3.63, 3.8) is 0 Å². The summed E-state index contributed by atoms with van der Waals surface area (Å²) in [5.41, 5.74) is -0.0888. The van der Waals surface area contributed by atoms with Crippen molar-refractivity contribution < 1.29 is 22.7 Å². The second-order valence-electron chi connectivity index (χ2n) is 3.80. The second kappa shape index (κ2) is 5.25. The SMILES string of the molecule is O=C(O)c1ccc(NS(=O)(=O)c2ccc(F)cc2)cn1. The predicted octanol–water partition coefficient (Wildman–Crippen LogP) is 1.72. The number of halogens is 1. The normalized spacial score (nSPS) is 11.1. The Hall–Kier alpha value is -2.48. The predicted molar refractivity (Wildman–Crippen MR) is 68.4 cm³/mol. The number of benzene rings is 1. The molecule has 0 atom stereocenters. The lowest BCUT2D eigenvalue weighted by Gasteiger charge is -2.07. The molecule has 0 fully saturated rings. The van der Waals surface area contributed by atoms with Crippen molar-refractivity contribution in [3.8, 4) is 0 Å². The highest BCUT2D eigenvalue weighted by atomic mass is 32.2. The van der Waals surface area contributed by atoms with Gasteiger partial charge in [-0.1, -0.05) is 0 Å². The van der Waals surface area contributed by atoms with Crippen LogP contribution in [0.1, 0.15) is 10.5 Å². The third-order valence-electron chi connectivity index (χ3n) is 2.36. The summed E-state index contributed by atoms with van der Waals surface area (Å²) in [6.45, 7) is 0. The van der Waals surface area contributed by atoms with Gasteiger partial charge in [0.15, 0.2) is 0 Å². The first-order valence-corrected chi connectivity index (χ1v) is 6.84. The van der Waals surface area contributed by atoms with Crippen molar-refractivity contribution in [2.45, 2.75) is 4.90 Å². The average molecular weight is 296 g/mol. The number of hydrogen-bond donors (Lipinski definition) is 2. The van der Waals surface area contributed by atoms with Crippen LogP contribution in [0.3, 0.4) is 0 Å². The minimum atomic E-state index is -3.87. The molecular weight excluding hydrogens is 287 g/mol. The van der Waals surface area contributed by atoms with Gasteiger partial charge in [-0.15, -0.1) is 0 Å². The van der Waals surface area contributed by atoms with Gasteiger partial charge >= 0.3 is 5.97 Å². The van der Waals surface area contributed by atoms with Crippen LogP contribution in [0, 0.1) is 5.82 Å². The van der Waals surface area contributed by atoms with Crippen LogP contribution in [0.2, 0.25) is 0 Å². The van der Waals surface area contributed by atoms with Crippen molar-refractivity contribution in [2.75, 3.05) is 4.72 Å². The molecule has 2 rings (SSSR count). The van der Waals surface area contributed by atoms with Crippen molar-refractivity contribution in [2.24, 2.45) is 0 Å². The Morgan fingerprint density at radius 2 is 1.80 bits per heavy atom. The number of rotatable bonds is 4. The first-order chi connectivity index (χ1) is 9.38. The summed E-state index contributed by atoms with van der Waals surface area (Å²) in [4.78, 5) is 14.1. The Bertz CT molecular complexity index is 727. The molecule has 0 bridgehead atoms. The van der Waals surface area contributed by atoms with E-state index in [9.17, 15) is 17.6 Å². The summed E-state index contributed by atoms with van der Waals surface area (Å²) in [5.74, 6) is -1.76. The molecule has 0 aliphatic rings. The number of carbonyl (C=O) groups is 1. The van der Waals surface area contributed by atoms with Gasteiger partial charge in [0.1, 0.15) is 11.5 Å². The number of hydrogen-bond acceptors (Lipinski definition) is 4. The average Bonchev–Trinajstić information content (AvgIpc) is 2.39. The number of carboxylic acid groups (broad SMARTS) is 1. The number of carboxylic acids is 1. The number of pyridine rings is 1. The van der Waals surface area contributed by atoms with E-state index in [1.807, 2.05) is 0 Å². The molecule has 2 N–H and O–H groups in total. The fraction of sp³-hybridized carbons (Fsp3) is 0. The van der Waals surface area contributed by atoms with E-state index in [1.54, 1.807) is 0 Å². The van der Waals surface area contributed by atoms with E-state index in [-0.39, 0.29) is 16.3 Å². The van der Waals surface area contributed by atoms with E-state index >= 15 is 0 Å². The van der Waals surface area contributed by atoms with Crippen LogP contribution < -0.4 is 4.72 Å². The molecule has 1 aromatic heterocycles. The smallest absolute Gasteiger partial charge is 0.354 e. The van der Waals surface area contributed by atoms with Crippen LogP contribution in [0.25, 0.3) is 0 Å². The number of aromatic nitrogens is 1. The second-order valence-corrected chi connectivity index (χ2v) is 5.48. The third-order valence-corrected chi connectivity index (χ3v) is 3.76. The van der Waals surface area contributed by atoms with E-state index in [1.165, 1.54) is 12.1 Å². The molecule has 1 aromatic carbocycles. The van der Waals surface area contributed by atoms with E-state index in [4.69, 9.17) is 5.11 Å². The van der Waals surface area contributed by atoms with E-state index in [0.717, 1.165) is 30.5 Å². The van der Waals surface area contributed by atoms with Gasteiger partial charge in [0, 0.05) is 0 Å². The topological polar surface area (TPSA) is 96.4 Å². The number of anilines is 1. The molecule has 6 nitrogen and oxygen atoms in total. The Morgan fingerprint density at radius 3 is 2.30 bits per heavy atom. The maximum Gasteiger partial charge on any atom is 0.354 e. The maximum atomic E-state index is 12.7. The third kappa shape index (κ3) is 3.09. The lowest BCUT2D eigenvalue weighted by Crippen LogP contribution is -2.13. The molecule has 0 saturated heterocycles. The summed E-state index contributed by atoms with van der Waals surface area (Å²) in [6.07, 6.45) is 1.09. The molecule has 104 valence electrons. The molecule has 0 aliphatic carbocycles.